The molecule has 1 aromatic carbocycles. The third-order valence-electron chi connectivity index (χ3n) is 5.08. The number of benzene rings is 1. The molecule has 24 heavy (non-hydrogen) atoms. The van der Waals surface area contributed by atoms with Gasteiger partial charge in [0.25, 0.3) is 0 Å². The molecule has 134 valence electrons. The molecule has 0 aromatic heterocycles. The van der Waals surface area contributed by atoms with Crippen LogP contribution in [0.2, 0.25) is 0 Å². The minimum Gasteiger partial charge on any atom is -0.337 e. The first-order chi connectivity index (χ1) is 11.5. The summed E-state index contributed by atoms with van der Waals surface area (Å²) in [5.74, 6) is 0.317. The van der Waals surface area contributed by atoms with E-state index in [1.807, 2.05) is 13.8 Å². The summed E-state index contributed by atoms with van der Waals surface area (Å²) in [4.78, 5) is 17.3. The van der Waals surface area contributed by atoms with Crippen molar-refractivity contribution in [3.8, 4) is 0 Å². The highest BCUT2D eigenvalue weighted by Gasteiger charge is 2.31. The lowest BCUT2D eigenvalue weighted by molar-refractivity contribution is -0.137. The van der Waals surface area contributed by atoms with E-state index in [1.165, 1.54) is 12.0 Å². The van der Waals surface area contributed by atoms with Gasteiger partial charge in [-0.1, -0.05) is 51.1 Å². The van der Waals surface area contributed by atoms with Crippen LogP contribution in [0.1, 0.15) is 45.6 Å². The number of nitrogens with zero attached hydrogens (tertiary/aromatic N) is 2. The summed E-state index contributed by atoms with van der Waals surface area (Å²) >= 11 is 0. The van der Waals surface area contributed by atoms with Crippen LogP contribution in [-0.2, 0) is 11.3 Å². The van der Waals surface area contributed by atoms with Crippen LogP contribution in [0, 0.1) is 5.92 Å². The van der Waals surface area contributed by atoms with Crippen LogP contribution in [0.25, 0.3) is 0 Å². The first kappa shape index (κ1) is 18.9. The zero-order chi connectivity index (χ0) is 17.5. The number of carbonyl (C=O) groups excluding carboxylic acids is 1. The molecule has 1 fully saturated rings. The van der Waals surface area contributed by atoms with Gasteiger partial charge < -0.3 is 10.6 Å². The predicted octanol–water partition coefficient (Wildman–Crippen LogP) is 2.87. The average molecular weight is 332 g/mol. The van der Waals surface area contributed by atoms with Crippen LogP contribution in [0.4, 0.5) is 0 Å². The fourth-order valence-corrected chi connectivity index (χ4v) is 3.40. The Balaban J connectivity index is 2.02. The van der Waals surface area contributed by atoms with Gasteiger partial charge in [-0.05, 0) is 37.3 Å². The van der Waals surface area contributed by atoms with E-state index in [1.54, 1.807) is 0 Å². The molecule has 2 rings (SSSR count). The van der Waals surface area contributed by atoms with Crippen LogP contribution < -0.4 is 5.73 Å². The predicted molar refractivity (Wildman–Crippen MR) is 99.6 cm³/mol. The van der Waals surface area contributed by atoms with Gasteiger partial charge in [0, 0.05) is 25.7 Å². The van der Waals surface area contributed by atoms with Crippen molar-refractivity contribution >= 4 is 5.91 Å². The lowest BCUT2D eigenvalue weighted by atomic mass is 9.97. The monoisotopic (exact) mass is 331 g/mol. The maximum atomic E-state index is 12.8. The molecule has 0 bridgehead atoms. The molecular weight excluding hydrogens is 298 g/mol. The van der Waals surface area contributed by atoms with Crippen molar-refractivity contribution in [3.63, 3.8) is 0 Å². The van der Waals surface area contributed by atoms with Gasteiger partial charge >= 0.3 is 0 Å². The Bertz CT molecular complexity index is 503. The fourth-order valence-electron chi connectivity index (χ4n) is 3.40. The highest BCUT2D eigenvalue weighted by molar-refractivity contribution is 5.82. The Morgan fingerprint density at radius 1 is 1.29 bits per heavy atom. The fraction of sp³-hybridized carbons (Fsp3) is 0.650. The average Bonchev–Trinajstić information content (AvgIpc) is 2.61. The third kappa shape index (κ3) is 5.05. The molecule has 1 aliphatic rings. The largest absolute Gasteiger partial charge is 0.337 e. The molecule has 1 unspecified atom stereocenters. The summed E-state index contributed by atoms with van der Waals surface area (Å²) in [5, 5.41) is 0. The van der Waals surface area contributed by atoms with E-state index in [0.717, 1.165) is 39.0 Å². The molecule has 0 aliphatic carbocycles. The lowest BCUT2D eigenvalue weighted by Crippen LogP contribution is -2.55. The van der Waals surface area contributed by atoms with E-state index in [4.69, 9.17) is 5.73 Å². The van der Waals surface area contributed by atoms with E-state index in [0.29, 0.717) is 6.04 Å². The number of likely N-dealkylation sites (tertiary alicyclic amines) is 1. The van der Waals surface area contributed by atoms with E-state index in [-0.39, 0.29) is 17.9 Å². The van der Waals surface area contributed by atoms with Crippen molar-refractivity contribution < 1.29 is 4.79 Å². The number of piperidine rings is 1. The number of likely N-dealkylation sites (N-methyl/N-ethyl adjacent to an activating group) is 1. The van der Waals surface area contributed by atoms with Crippen molar-refractivity contribution in [1.82, 2.24) is 9.80 Å². The SMILES string of the molecule is CCN(Cc1ccccc1)CC1CCCCN1C(=O)[C@@H](N)C(C)C. The van der Waals surface area contributed by atoms with E-state index in [2.05, 4.69) is 47.1 Å². The molecule has 1 aromatic rings. The van der Waals surface area contributed by atoms with Gasteiger partial charge in [0.05, 0.1) is 6.04 Å². The van der Waals surface area contributed by atoms with Crippen LogP contribution in [0.3, 0.4) is 0 Å². The quantitative estimate of drug-likeness (QED) is 0.836. The van der Waals surface area contributed by atoms with Gasteiger partial charge in [-0.3, -0.25) is 9.69 Å². The molecule has 1 heterocycles. The van der Waals surface area contributed by atoms with Crippen LogP contribution in [0.5, 0.6) is 0 Å². The van der Waals surface area contributed by atoms with Crippen molar-refractivity contribution in [2.24, 2.45) is 11.7 Å². The Morgan fingerprint density at radius 3 is 2.62 bits per heavy atom. The molecular formula is C20H33N3O. The lowest BCUT2D eigenvalue weighted by Gasteiger charge is -2.40. The molecule has 0 saturated carbocycles. The zero-order valence-corrected chi connectivity index (χ0v) is 15.4. The van der Waals surface area contributed by atoms with Crippen molar-refractivity contribution in [3.05, 3.63) is 35.9 Å². The number of hydrogen-bond acceptors (Lipinski definition) is 3. The Kier molecular flexibility index (Phi) is 7.25. The summed E-state index contributed by atoms with van der Waals surface area (Å²) in [5.41, 5.74) is 7.46. The van der Waals surface area contributed by atoms with E-state index < -0.39 is 0 Å². The van der Waals surface area contributed by atoms with E-state index in [9.17, 15) is 4.79 Å². The summed E-state index contributed by atoms with van der Waals surface area (Å²) in [6.45, 7) is 9.95. The molecule has 4 heteroatoms. The second-order valence-electron chi connectivity index (χ2n) is 7.26. The molecule has 0 radical (unpaired) electrons. The maximum Gasteiger partial charge on any atom is 0.240 e. The highest BCUT2D eigenvalue weighted by atomic mass is 16.2. The van der Waals surface area contributed by atoms with Gasteiger partial charge in [0.1, 0.15) is 0 Å². The van der Waals surface area contributed by atoms with Gasteiger partial charge in [0.15, 0.2) is 0 Å². The highest BCUT2D eigenvalue weighted by Crippen LogP contribution is 2.21. The van der Waals surface area contributed by atoms with Crippen LogP contribution in [-0.4, -0.2) is 47.4 Å². The topological polar surface area (TPSA) is 49.6 Å². The van der Waals surface area contributed by atoms with Crippen LogP contribution >= 0.6 is 0 Å². The Morgan fingerprint density at radius 2 is 2.00 bits per heavy atom. The molecule has 2 N–H and O–H groups in total. The minimum absolute atomic E-state index is 0.130. The molecule has 2 atom stereocenters. The van der Waals surface area contributed by atoms with Crippen molar-refractivity contribution in [1.29, 1.82) is 0 Å². The second-order valence-corrected chi connectivity index (χ2v) is 7.26. The normalized spacial score (nSPS) is 19.8. The number of hydrogen-bond donors (Lipinski definition) is 1. The number of rotatable bonds is 7. The molecule has 1 saturated heterocycles. The summed E-state index contributed by atoms with van der Waals surface area (Å²) in [6.07, 6.45) is 3.38. The number of amides is 1. The molecule has 0 spiro atoms. The first-order valence-corrected chi connectivity index (χ1v) is 9.35. The van der Waals surface area contributed by atoms with E-state index >= 15 is 0 Å². The number of carbonyl (C=O) groups is 1. The van der Waals surface area contributed by atoms with Gasteiger partial charge in [-0.2, -0.15) is 0 Å². The molecule has 1 aliphatic heterocycles. The standard InChI is InChI=1S/C20H33N3O/c1-4-22(14-17-10-6-5-7-11-17)15-18-12-8-9-13-23(18)20(24)19(21)16(2)3/h5-7,10-11,16,18-19H,4,8-9,12-15,21H2,1-3H3/t18?,19-/m0/s1. The summed E-state index contributed by atoms with van der Waals surface area (Å²) in [6, 6.07) is 10.5. The maximum absolute atomic E-state index is 12.8. The summed E-state index contributed by atoms with van der Waals surface area (Å²) in [7, 11) is 0. The second kappa shape index (κ2) is 9.19. The smallest absolute Gasteiger partial charge is 0.240 e. The van der Waals surface area contributed by atoms with Gasteiger partial charge in [-0.25, -0.2) is 0 Å². The Hall–Kier alpha value is -1.39. The zero-order valence-electron chi connectivity index (χ0n) is 15.4. The minimum atomic E-state index is -0.380. The van der Waals surface area contributed by atoms with Crippen molar-refractivity contribution in [2.45, 2.75) is 58.7 Å². The Labute approximate surface area is 147 Å². The van der Waals surface area contributed by atoms with Crippen molar-refractivity contribution in [2.75, 3.05) is 19.6 Å². The first-order valence-electron chi connectivity index (χ1n) is 9.35. The van der Waals surface area contributed by atoms with Gasteiger partial charge in [0.2, 0.25) is 5.91 Å². The van der Waals surface area contributed by atoms with Crippen LogP contribution in [0.15, 0.2) is 30.3 Å². The third-order valence-corrected chi connectivity index (χ3v) is 5.08. The molecule has 1 amide bonds. The number of nitrogens with two attached hydrogens (primary N) is 1. The molecule has 4 nitrogen and oxygen atoms in total. The summed E-state index contributed by atoms with van der Waals surface area (Å²) < 4.78 is 0. The van der Waals surface area contributed by atoms with Gasteiger partial charge in [-0.15, -0.1) is 0 Å².